The van der Waals surface area contributed by atoms with Gasteiger partial charge in [0.15, 0.2) is 0 Å². The number of aromatic nitrogens is 2. The highest BCUT2D eigenvalue weighted by atomic mass is 127. The second-order valence-electron chi connectivity index (χ2n) is 4.12. The molecule has 1 heterocycles. The quantitative estimate of drug-likeness (QED) is 0.871. The summed E-state index contributed by atoms with van der Waals surface area (Å²) in [5.41, 5.74) is -0.192. The first-order valence-electron chi connectivity index (χ1n) is 5.55. The molecular formula is C13H15IN2O. The Balaban J connectivity index is 2.45. The van der Waals surface area contributed by atoms with E-state index in [-0.39, 0.29) is 0 Å². The van der Waals surface area contributed by atoms with E-state index in [1.165, 1.54) is 0 Å². The van der Waals surface area contributed by atoms with Crippen LogP contribution in [0.2, 0.25) is 0 Å². The van der Waals surface area contributed by atoms with Gasteiger partial charge in [0.25, 0.3) is 0 Å². The van der Waals surface area contributed by atoms with Gasteiger partial charge in [-0.1, -0.05) is 12.1 Å². The molecule has 1 atom stereocenters. The van der Waals surface area contributed by atoms with Crippen molar-refractivity contribution < 1.29 is 5.11 Å². The van der Waals surface area contributed by atoms with E-state index in [9.17, 15) is 5.11 Å². The molecule has 2 aromatic rings. The van der Waals surface area contributed by atoms with Crippen LogP contribution in [0.4, 0.5) is 0 Å². The summed E-state index contributed by atoms with van der Waals surface area (Å²) in [4.78, 5) is 4.27. The van der Waals surface area contributed by atoms with Crippen molar-refractivity contribution in [2.45, 2.75) is 26.0 Å². The predicted octanol–water partition coefficient (Wildman–Crippen LogP) is 2.76. The smallest absolute Gasteiger partial charge is 0.145 e. The Kier molecular flexibility index (Phi) is 3.53. The topological polar surface area (TPSA) is 38.0 Å². The fourth-order valence-corrected chi connectivity index (χ4v) is 2.25. The van der Waals surface area contributed by atoms with Gasteiger partial charge in [0.1, 0.15) is 11.4 Å². The van der Waals surface area contributed by atoms with Gasteiger partial charge in [0.2, 0.25) is 0 Å². The molecule has 0 aliphatic carbocycles. The summed E-state index contributed by atoms with van der Waals surface area (Å²) < 4.78 is 3.11. The van der Waals surface area contributed by atoms with Crippen LogP contribution < -0.4 is 0 Å². The first kappa shape index (κ1) is 12.6. The first-order chi connectivity index (χ1) is 8.05. The molecule has 0 aliphatic rings. The second-order valence-corrected chi connectivity index (χ2v) is 5.36. The number of nitrogens with zero attached hydrogens (tertiary/aromatic N) is 2. The Morgan fingerprint density at radius 3 is 2.59 bits per heavy atom. The highest BCUT2D eigenvalue weighted by Crippen LogP contribution is 2.28. The third-order valence-corrected chi connectivity index (χ3v) is 3.62. The van der Waals surface area contributed by atoms with Crippen molar-refractivity contribution in [3.8, 4) is 0 Å². The molecule has 0 saturated heterocycles. The molecular weight excluding hydrogens is 327 g/mol. The largest absolute Gasteiger partial charge is 0.377 e. The van der Waals surface area contributed by atoms with Crippen LogP contribution in [0.3, 0.4) is 0 Å². The molecule has 0 spiro atoms. The Labute approximate surface area is 115 Å². The van der Waals surface area contributed by atoms with Crippen LogP contribution in [0.25, 0.3) is 0 Å². The highest BCUT2D eigenvalue weighted by Gasteiger charge is 2.29. The molecule has 0 aliphatic heterocycles. The summed E-state index contributed by atoms with van der Waals surface area (Å²) in [6.07, 6.45) is 3.61. The summed E-state index contributed by atoms with van der Waals surface area (Å²) in [7, 11) is 0. The van der Waals surface area contributed by atoms with Crippen LogP contribution in [-0.4, -0.2) is 14.7 Å². The number of halogens is 1. The molecule has 1 N–H and O–H groups in total. The van der Waals surface area contributed by atoms with E-state index in [0.29, 0.717) is 5.82 Å². The molecule has 0 radical (unpaired) electrons. The average molecular weight is 342 g/mol. The lowest BCUT2D eigenvalue weighted by Crippen LogP contribution is -2.27. The minimum absolute atomic E-state index is 0.682. The van der Waals surface area contributed by atoms with Crippen molar-refractivity contribution in [3.63, 3.8) is 0 Å². The van der Waals surface area contributed by atoms with E-state index >= 15 is 0 Å². The zero-order chi connectivity index (χ0) is 12.5. The number of hydrogen-bond acceptors (Lipinski definition) is 2. The lowest BCUT2D eigenvalue weighted by molar-refractivity contribution is 0.0882. The number of rotatable bonds is 3. The van der Waals surface area contributed by atoms with E-state index in [2.05, 4.69) is 27.6 Å². The molecule has 0 bridgehead atoms. The van der Waals surface area contributed by atoms with Gasteiger partial charge in [-0.25, -0.2) is 4.98 Å². The lowest BCUT2D eigenvalue weighted by atomic mass is 9.95. The molecule has 1 unspecified atom stereocenters. The molecule has 1 aromatic heterocycles. The zero-order valence-corrected chi connectivity index (χ0v) is 12.0. The van der Waals surface area contributed by atoms with Gasteiger partial charge in [-0.2, -0.15) is 0 Å². The predicted molar refractivity (Wildman–Crippen MR) is 75.7 cm³/mol. The minimum atomic E-state index is -1.05. The maximum Gasteiger partial charge on any atom is 0.145 e. The van der Waals surface area contributed by atoms with Crippen LogP contribution in [0.15, 0.2) is 36.7 Å². The fourth-order valence-electron chi connectivity index (χ4n) is 1.89. The Morgan fingerprint density at radius 2 is 2.00 bits per heavy atom. The summed E-state index contributed by atoms with van der Waals surface area (Å²) >= 11 is 2.25. The number of hydrogen-bond donors (Lipinski definition) is 1. The lowest BCUT2D eigenvalue weighted by Gasteiger charge is -2.24. The van der Waals surface area contributed by atoms with Crippen LogP contribution in [0.1, 0.15) is 25.2 Å². The maximum absolute atomic E-state index is 10.7. The van der Waals surface area contributed by atoms with Gasteiger partial charge >= 0.3 is 0 Å². The van der Waals surface area contributed by atoms with Crippen LogP contribution >= 0.6 is 22.6 Å². The molecule has 17 heavy (non-hydrogen) atoms. The van der Waals surface area contributed by atoms with Crippen molar-refractivity contribution in [2.75, 3.05) is 0 Å². The van der Waals surface area contributed by atoms with E-state index in [4.69, 9.17) is 0 Å². The third kappa shape index (κ3) is 2.37. The Morgan fingerprint density at radius 1 is 1.35 bits per heavy atom. The molecule has 3 nitrogen and oxygen atoms in total. The Hall–Kier alpha value is -0.880. The van der Waals surface area contributed by atoms with Gasteiger partial charge < -0.3 is 9.67 Å². The Bertz CT molecular complexity index is 502. The van der Waals surface area contributed by atoms with Crippen LogP contribution in [0.5, 0.6) is 0 Å². The summed E-state index contributed by atoms with van der Waals surface area (Å²) in [5.74, 6) is 0.682. The average Bonchev–Trinajstić information content (AvgIpc) is 2.78. The molecule has 0 saturated carbocycles. The second kappa shape index (κ2) is 4.78. The normalized spacial score (nSPS) is 14.6. The number of aryl methyl sites for hydroxylation is 1. The number of benzene rings is 1. The van der Waals surface area contributed by atoms with Crippen molar-refractivity contribution >= 4 is 22.6 Å². The summed E-state index contributed by atoms with van der Waals surface area (Å²) in [6, 6.07) is 7.86. The minimum Gasteiger partial charge on any atom is -0.377 e. The van der Waals surface area contributed by atoms with Crippen LogP contribution in [-0.2, 0) is 12.1 Å². The van der Waals surface area contributed by atoms with E-state index in [1.54, 1.807) is 13.1 Å². The standard InChI is InChI=1S/C13H15IN2O/c1-3-16-9-8-15-12(16)13(2,17)10-4-6-11(14)7-5-10/h4-9,17H,3H2,1-2H3. The molecule has 90 valence electrons. The molecule has 2 rings (SSSR count). The van der Waals surface area contributed by atoms with Gasteiger partial charge in [-0.15, -0.1) is 0 Å². The molecule has 4 heteroatoms. The van der Waals surface area contributed by atoms with E-state index < -0.39 is 5.60 Å². The third-order valence-electron chi connectivity index (χ3n) is 2.90. The van der Waals surface area contributed by atoms with E-state index in [0.717, 1.165) is 15.7 Å². The summed E-state index contributed by atoms with van der Waals surface area (Å²) in [6.45, 7) is 4.62. The SMILES string of the molecule is CCn1ccnc1C(C)(O)c1ccc(I)cc1. The zero-order valence-electron chi connectivity index (χ0n) is 9.89. The van der Waals surface area contributed by atoms with Gasteiger partial charge in [-0.3, -0.25) is 0 Å². The fraction of sp³-hybridized carbons (Fsp3) is 0.308. The van der Waals surface area contributed by atoms with Crippen molar-refractivity contribution in [1.29, 1.82) is 0 Å². The molecule has 0 fully saturated rings. The maximum atomic E-state index is 10.7. The highest BCUT2D eigenvalue weighted by molar-refractivity contribution is 14.1. The van der Waals surface area contributed by atoms with Crippen LogP contribution in [0, 0.1) is 3.57 Å². The van der Waals surface area contributed by atoms with E-state index in [1.807, 2.05) is 42.0 Å². The monoisotopic (exact) mass is 342 g/mol. The molecule has 1 aromatic carbocycles. The van der Waals surface area contributed by atoms with Gasteiger partial charge in [-0.05, 0) is 54.1 Å². The van der Waals surface area contributed by atoms with Gasteiger partial charge in [0, 0.05) is 22.5 Å². The van der Waals surface area contributed by atoms with Gasteiger partial charge in [0.05, 0.1) is 0 Å². The first-order valence-corrected chi connectivity index (χ1v) is 6.63. The number of aliphatic hydroxyl groups is 1. The number of imidazole rings is 1. The van der Waals surface area contributed by atoms with Crippen molar-refractivity contribution in [2.24, 2.45) is 0 Å². The van der Waals surface area contributed by atoms with Crippen molar-refractivity contribution in [1.82, 2.24) is 9.55 Å². The van der Waals surface area contributed by atoms with Crippen molar-refractivity contribution in [3.05, 3.63) is 51.6 Å². The summed E-state index contributed by atoms with van der Waals surface area (Å²) in [5, 5.41) is 10.7. The molecule has 0 amide bonds.